The van der Waals surface area contributed by atoms with Crippen LogP contribution < -0.4 is 20.1 Å². The van der Waals surface area contributed by atoms with Gasteiger partial charge in [-0.1, -0.05) is 0 Å². The van der Waals surface area contributed by atoms with Crippen molar-refractivity contribution in [2.75, 3.05) is 39.5 Å². The summed E-state index contributed by atoms with van der Waals surface area (Å²) in [6.45, 7) is 6.68. The Bertz CT molecular complexity index is 586. The highest BCUT2D eigenvalue weighted by molar-refractivity contribution is 5.74. The Hall–Kier alpha value is -2.64. The maximum atomic E-state index is 12.0. The molecule has 1 aliphatic rings. The van der Waals surface area contributed by atoms with Crippen LogP contribution in [0, 0.1) is 0 Å². The van der Waals surface area contributed by atoms with E-state index in [9.17, 15) is 9.59 Å². The molecule has 0 saturated carbocycles. The summed E-state index contributed by atoms with van der Waals surface area (Å²) in [7, 11) is 0. The van der Waals surface area contributed by atoms with E-state index in [1.807, 2.05) is 31.2 Å². The molecule has 8 nitrogen and oxygen atoms in total. The second-order valence-corrected chi connectivity index (χ2v) is 6.11. The molecule has 0 aliphatic carbocycles. The molecule has 8 heteroatoms. The molecule has 27 heavy (non-hydrogen) atoms. The first-order valence-corrected chi connectivity index (χ1v) is 9.44. The smallest absolute Gasteiger partial charge is 0.409 e. The van der Waals surface area contributed by atoms with Crippen molar-refractivity contribution in [2.24, 2.45) is 0 Å². The minimum absolute atomic E-state index is 0.0581. The summed E-state index contributed by atoms with van der Waals surface area (Å²) in [4.78, 5) is 25.3. The van der Waals surface area contributed by atoms with Crippen molar-refractivity contribution in [2.45, 2.75) is 32.7 Å². The standard InChI is InChI=1S/C19H29N3O5/c1-3-25-16-5-7-17(8-6-16)27-14-11-20-18(23)21-15-9-12-22(13-10-15)19(24)26-4-2/h5-8,15H,3-4,9-14H2,1-2H3,(H2,20,21,23). The Morgan fingerprint density at radius 1 is 1.04 bits per heavy atom. The van der Waals surface area contributed by atoms with Gasteiger partial charge in [0.2, 0.25) is 0 Å². The molecule has 0 bridgehead atoms. The van der Waals surface area contributed by atoms with Crippen molar-refractivity contribution >= 4 is 12.1 Å². The summed E-state index contributed by atoms with van der Waals surface area (Å²) in [5.41, 5.74) is 0. The molecule has 0 radical (unpaired) electrons. The summed E-state index contributed by atoms with van der Waals surface area (Å²) < 4.78 is 15.9. The lowest BCUT2D eigenvalue weighted by molar-refractivity contribution is 0.0957. The number of hydrogen-bond donors (Lipinski definition) is 2. The summed E-state index contributed by atoms with van der Waals surface area (Å²) in [5.74, 6) is 1.53. The van der Waals surface area contributed by atoms with Crippen LogP contribution >= 0.6 is 0 Å². The molecular formula is C19H29N3O5. The number of carbonyl (C=O) groups is 2. The maximum absolute atomic E-state index is 12.0. The first-order chi connectivity index (χ1) is 13.1. The molecule has 0 atom stereocenters. The third kappa shape index (κ3) is 7.24. The highest BCUT2D eigenvalue weighted by atomic mass is 16.6. The Kier molecular flexibility index (Phi) is 8.54. The van der Waals surface area contributed by atoms with E-state index in [0.717, 1.165) is 24.3 Å². The summed E-state index contributed by atoms with van der Waals surface area (Å²) in [6.07, 6.45) is 1.15. The lowest BCUT2D eigenvalue weighted by atomic mass is 10.1. The van der Waals surface area contributed by atoms with Crippen LogP contribution in [0.4, 0.5) is 9.59 Å². The molecule has 0 spiro atoms. The number of urea groups is 1. The SMILES string of the molecule is CCOC(=O)N1CCC(NC(=O)NCCOc2ccc(OCC)cc2)CC1. The van der Waals surface area contributed by atoms with Crippen molar-refractivity contribution in [3.05, 3.63) is 24.3 Å². The molecule has 3 amide bonds. The molecule has 2 rings (SSSR count). The van der Waals surface area contributed by atoms with E-state index in [4.69, 9.17) is 14.2 Å². The normalized spacial score (nSPS) is 14.4. The third-order valence-electron chi connectivity index (χ3n) is 4.15. The fourth-order valence-corrected chi connectivity index (χ4v) is 2.79. The largest absolute Gasteiger partial charge is 0.494 e. The number of amides is 3. The van der Waals surface area contributed by atoms with Gasteiger partial charge in [0.05, 0.1) is 19.8 Å². The molecule has 0 aromatic heterocycles. The van der Waals surface area contributed by atoms with Crippen LogP contribution in [0.25, 0.3) is 0 Å². The van der Waals surface area contributed by atoms with E-state index >= 15 is 0 Å². The topological polar surface area (TPSA) is 89.1 Å². The predicted octanol–water partition coefficient (Wildman–Crippen LogP) is 2.38. The van der Waals surface area contributed by atoms with Gasteiger partial charge in [0, 0.05) is 19.1 Å². The summed E-state index contributed by atoms with van der Waals surface area (Å²) in [6, 6.07) is 7.20. The van der Waals surface area contributed by atoms with Gasteiger partial charge < -0.3 is 29.7 Å². The van der Waals surface area contributed by atoms with Gasteiger partial charge in [-0.3, -0.25) is 0 Å². The number of hydrogen-bond acceptors (Lipinski definition) is 5. The van der Waals surface area contributed by atoms with Gasteiger partial charge in [0.15, 0.2) is 0 Å². The number of benzene rings is 1. The highest BCUT2D eigenvalue weighted by Crippen LogP contribution is 2.17. The molecule has 1 fully saturated rings. The van der Waals surface area contributed by atoms with Gasteiger partial charge in [-0.15, -0.1) is 0 Å². The number of likely N-dealkylation sites (tertiary alicyclic amines) is 1. The van der Waals surface area contributed by atoms with Crippen LogP contribution in [0.5, 0.6) is 11.5 Å². The Morgan fingerprint density at radius 3 is 2.26 bits per heavy atom. The molecular weight excluding hydrogens is 350 g/mol. The van der Waals surface area contributed by atoms with Gasteiger partial charge in [0.1, 0.15) is 18.1 Å². The molecule has 1 aliphatic heterocycles. The van der Waals surface area contributed by atoms with Crippen LogP contribution in [-0.2, 0) is 4.74 Å². The zero-order chi connectivity index (χ0) is 19.5. The maximum Gasteiger partial charge on any atom is 0.409 e. The van der Waals surface area contributed by atoms with Crippen LogP contribution in [-0.4, -0.2) is 62.5 Å². The zero-order valence-electron chi connectivity index (χ0n) is 16.0. The van der Waals surface area contributed by atoms with Crippen molar-refractivity contribution in [3.63, 3.8) is 0 Å². The second kappa shape index (κ2) is 11.2. The number of piperidine rings is 1. The van der Waals surface area contributed by atoms with Crippen molar-refractivity contribution in [1.29, 1.82) is 0 Å². The van der Waals surface area contributed by atoms with E-state index in [2.05, 4.69) is 10.6 Å². The summed E-state index contributed by atoms with van der Waals surface area (Å²) >= 11 is 0. The molecule has 1 saturated heterocycles. The van der Waals surface area contributed by atoms with E-state index in [-0.39, 0.29) is 18.2 Å². The number of rotatable bonds is 8. The third-order valence-corrected chi connectivity index (χ3v) is 4.15. The fourth-order valence-electron chi connectivity index (χ4n) is 2.79. The minimum atomic E-state index is -0.285. The lowest BCUT2D eigenvalue weighted by Crippen LogP contribution is -2.49. The first kappa shape index (κ1) is 20.7. The minimum Gasteiger partial charge on any atom is -0.494 e. The van der Waals surface area contributed by atoms with E-state index < -0.39 is 0 Å². The van der Waals surface area contributed by atoms with E-state index in [0.29, 0.717) is 39.5 Å². The zero-order valence-corrected chi connectivity index (χ0v) is 16.0. The van der Waals surface area contributed by atoms with Gasteiger partial charge in [-0.05, 0) is 51.0 Å². The van der Waals surface area contributed by atoms with Crippen molar-refractivity contribution < 1.29 is 23.8 Å². The van der Waals surface area contributed by atoms with Crippen molar-refractivity contribution in [3.8, 4) is 11.5 Å². The van der Waals surface area contributed by atoms with E-state index in [1.54, 1.807) is 11.8 Å². The predicted molar refractivity (Wildman–Crippen MR) is 101 cm³/mol. The average molecular weight is 379 g/mol. The van der Waals surface area contributed by atoms with Crippen LogP contribution in [0.1, 0.15) is 26.7 Å². The number of nitrogens with one attached hydrogen (secondary N) is 2. The quantitative estimate of drug-likeness (QED) is 0.677. The van der Waals surface area contributed by atoms with Crippen LogP contribution in [0.3, 0.4) is 0 Å². The monoisotopic (exact) mass is 379 g/mol. The number of nitrogens with zero attached hydrogens (tertiary/aromatic N) is 1. The van der Waals surface area contributed by atoms with Gasteiger partial charge in [-0.25, -0.2) is 9.59 Å². The molecule has 150 valence electrons. The van der Waals surface area contributed by atoms with Gasteiger partial charge >= 0.3 is 12.1 Å². The lowest BCUT2D eigenvalue weighted by Gasteiger charge is -2.31. The van der Waals surface area contributed by atoms with Gasteiger partial charge in [-0.2, -0.15) is 0 Å². The fraction of sp³-hybridized carbons (Fsp3) is 0.579. The van der Waals surface area contributed by atoms with E-state index in [1.165, 1.54) is 0 Å². The molecule has 0 unspecified atom stereocenters. The molecule has 1 aromatic carbocycles. The molecule has 1 aromatic rings. The second-order valence-electron chi connectivity index (χ2n) is 6.11. The number of carbonyl (C=O) groups excluding carboxylic acids is 2. The Labute approximate surface area is 160 Å². The molecule has 1 heterocycles. The summed E-state index contributed by atoms with van der Waals surface area (Å²) in [5, 5.41) is 5.71. The Morgan fingerprint density at radius 2 is 1.67 bits per heavy atom. The van der Waals surface area contributed by atoms with Crippen LogP contribution in [0.15, 0.2) is 24.3 Å². The first-order valence-electron chi connectivity index (χ1n) is 9.44. The molecule has 2 N–H and O–H groups in total. The highest BCUT2D eigenvalue weighted by Gasteiger charge is 2.24. The van der Waals surface area contributed by atoms with Crippen LogP contribution in [0.2, 0.25) is 0 Å². The average Bonchev–Trinajstić information content (AvgIpc) is 2.67. The van der Waals surface area contributed by atoms with Gasteiger partial charge in [0.25, 0.3) is 0 Å². The van der Waals surface area contributed by atoms with Crippen molar-refractivity contribution in [1.82, 2.24) is 15.5 Å². The number of ether oxygens (including phenoxy) is 3. The Balaban J connectivity index is 1.58.